The molecule has 0 aliphatic heterocycles. The fourth-order valence-electron chi connectivity index (χ4n) is 1.01. The lowest BCUT2D eigenvalue weighted by molar-refractivity contribution is 0.913. The molecular weight excluding hydrogens is 132 g/mol. The molecule has 0 atom stereocenters. The van der Waals surface area contributed by atoms with Gasteiger partial charge in [-0.05, 0) is 6.92 Å². The molecular formula is C11H15-. The molecule has 1 aromatic rings. The van der Waals surface area contributed by atoms with E-state index in [0.717, 1.165) is 0 Å². The van der Waals surface area contributed by atoms with Crippen LogP contribution in [0, 0.1) is 13.3 Å². The smallest absolute Gasteiger partial charge is 0.0418 e. The van der Waals surface area contributed by atoms with Crippen LogP contribution in [-0.4, -0.2) is 0 Å². The van der Waals surface area contributed by atoms with Crippen molar-refractivity contribution in [1.29, 1.82) is 0 Å². The molecule has 0 unspecified atom stereocenters. The molecule has 0 N–H and O–H groups in total. The molecule has 0 aromatic heterocycles. The Morgan fingerprint density at radius 3 is 2.36 bits per heavy atom. The maximum absolute atomic E-state index is 2.28. The van der Waals surface area contributed by atoms with Crippen LogP contribution in [0.25, 0.3) is 0 Å². The Kier molecular flexibility index (Phi) is 3.03. The van der Waals surface area contributed by atoms with E-state index in [9.17, 15) is 0 Å². The summed E-state index contributed by atoms with van der Waals surface area (Å²) < 4.78 is 0. The number of hydrogen-bond acceptors (Lipinski definition) is 0. The summed E-state index contributed by atoms with van der Waals surface area (Å²) in [5, 5.41) is 0. The number of benzene rings is 1. The quantitative estimate of drug-likeness (QED) is 0.575. The van der Waals surface area contributed by atoms with Gasteiger partial charge in [0.15, 0.2) is 0 Å². The predicted molar refractivity (Wildman–Crippen MR) is 49.5 cm³/mol. The maximum Gasteiger partial charge on any atom is -0.0418 e. The number of rotatable bonds is 3. The van der Waals surface area contributed by atoms with Crippen molar-refractivity contribution in [3.63, 3.8) is 0 Å². The van der Waals surface area contributed by atoms with Gasteiger partial charge in [-0.1, -0.05) is 25.3 Å². The van der Waals surface area contributed by atoms with Crippen LogP contribution in [-0.2, 0) is 0 Å². The molecule has 1 aromatic carbocycles. The van der Waals surface area contributed by atoms with Gasteiger partial charge in [0.05, 0.1) is 0 Å². The topological polar surface area (TPSA) is 0 Å². The fraction of sp³-hybridized carbons (Fsp3) is 0.364. The molecule has 11 heavy (non-hydrogen) atoms. The van der Waals surface area contributed by atoms with Crippen LogP contribution in [0.5, 0.6) is 0 Å². The van der Waals surface area contributed by atoms with Crippen molar-refractivity contribution in [1.82, 2.24) is 0 Å². The summed E-state index contributed by atoms with van der Waals surface area (Å²) in [5.74, 6) is 0. The lowest BCUT2D eigenvalue weighted by Gasteiger charge is -2.08. The van der Waals surface area contributed by atoms with Gasteiger partial charge in [0.25, 0.3) is 0 Å². The Morgan fingerprint density at radius 2 is 1.82 bits per heavy atom. The highest BCUT2D eigenvalue weighted by Crippen LogP contribution is 2.08. The van der Waals surface area contributed by atoms with Gasteiger partial charge < -0.3 is 0 Å². The van der Waals surface area contributed by atoms with Crippen molar-refractivity contribution in [2.24, 2.45) is 0 Å². The molecule has 0 spiro atoms. The Hall–Kier alpha value is -0.910. The van der Waals surface area contributed by atoms with Gasteiger partial charge >= 0.3 is 0 Å². The molecule has 0 saturated carbocycles. The first-order valence-electron chi connectivity index (χ1n) is 4.23. The number of aryl methyl sites for hydroxylation is 1. The lowest BCUT2D eigenvalue weighted by atomic mass is 10.1. The Bertz CT molecular complexity index is 196. The van der Waals surface area contributed by atoms with E-state index in [1.165, 1.54) is 24.0 Å². The minimum absolute atomic E-state index is 1.18. The van der Waals surface area contributed by atoms with Gasteiger partial charge in [-0.2, -0.15) is 24.1 Å². The molecule has 0 aliphatic carbocycles. The zero-order valence-electron chi connectivity index (χ0n) is 7.30. The second-order valence-corrected chi connectivity index (χ2v) is 2.90. The molecule has 1 rings (SSSR count). The van der Waals surface area contributed by atoms with Crippen LogP contribution >= 0.6 is 0 Å². The SMILES string of the molecule is CCC[CH-]c1ccc(C)cc1. The van der Waals surface area contributed by atoms with E-state index in [4.69, 9.17) is 0 Å². The van der Waals surface area contributed by atoms with Crippen LogP contribution in [0.15, 0.2) is 24.3 Å². The van der Waals surface area contributed by atoms with Crippen molar-refractivity contribution in [2.45, 2.75) is 26.7 Å². The largest absolute Gasteiger partial charge is 0.192 e. The van der Waals surface area contributed by atoms with Crippen molar-refractivity contribution < 1.29 is 0 Å². The van der Waals surface area contributed by atoms with Gasteiger partial charge in [0.2, 0.25) is 0 Å². The van der Waals surface area contributed by atoms with Gasteiger partial charge in [-0.25, -0.2) is 0 Å². The van der Waals surface area contributed by atoms with Crippen molar-refractivity contribution >= 4 is 0 Å². The third-order valence-corrected chi connectivity index (χ3v) is 1.75. The first-order chi connectivity index (χ1) is 5.33. The molecule has 0 amide bonds. The van der Waals surface area contributed by atoms with E-state index in [1.54, 1.807) is 0 Å². The zero-order chi connectivity index (χ0) is 8.10. The average molecular weight is 147 g/mol. The molecule has 0 bridgehead atoms. The first-order valence-corrected chi connectivity index (χ1v) is 4.23. The summed E-state index contributed by atoms with van der Waals surface area (Å²) in [4.78, 5) is 0. The summed E-state index contributed by atoms with van der Waals surface area (Å²) in [6.07, 6.45) is 4.69. The highest BCUT2D eigenvalue weighted by atomic mass is 14.0. The zero-order valence-corrected chi connectivity index (χ0v) is 7.30. The van der Waals surface area contributed by atoms with Crippen molar-refractivity contribution in [2.75, 3.05) is 0 Å². The molecule has 60 valence electrons. The average Bonchev–Trinajstić information content (AvgIpc) is 2.04. The minimum atomic E-state index is 1.18. The second kappa shape index (κ2) is 4.07. The lowest BCUT2D eigenvalue weighted by Crippen LogP contribution is -1.80. The van der Waals surface area contributed by atoms with Crippen LogP contribution in [0.4, 0.5) is 0 Å². The van der Waals surface area contributed by atoms with E-state index in [-0.39, 0.29) is 0 Å². The third kappa shape index (κ3) is 2.67. The molecule has 0 heterocycles. The molecule has 0 nitrogen and oxygen atoms in total. The summed E-state index contributed by atoms with van der Waals surface area (Å²) in [5.41, 5.74) is 2.68. The Balaban J connectivity index is 2.52. The molecule has 0 saturated heterocycles. The van der Waals surface area contributed by atoms with Crippen LogP contribution in [0.1, 0.15) is 30.9 Å². The summed E-state index contributed by atoms with van der Waals surface area (Å²) >= 11 is 0. The number of hydrogen-bond donors (Lipinski definition) is 0. The Labute approximate surface area is 69.3 Å². The van der Waals surface area contributed by atoms with Gasteiger partial charge in [0.1, 0.15) is 0 Å². The molecule has 0 aliphatic rings. The van der Waals surface area contributed by atoms with E-state index in [0.29, 0.717) is 0 Å². The summed E-state index contributed by atoms with van der Waals surface area (Å²) in [7, 11) is 0. The van der Waals surface area contributed by atoms with E-state index >= 15 is 0 Å². The number of unbranched alkanes of at least 4 members (excludes halogenated alkanes) is 1. The monoisotopic (exact) mass is 147 g/mol. The van der Waals surface area contributed by atoms with Gasteiger partial charge in [0, 0.05) is 0 Å². The minimum Gasteiger partial charge on any atom is -0.192 e. The highest BCUT2D eigenvalue weighted by molar-refractivity contribution is 5.26. The maximum atomic E-state index is 2.28. The van der Waals surface area contributed by atoms with Gasteiger partial charge in [-0.15, -0.1) is 12.1 Å². The highest BCUT2D eigenvalue weighted by Gasteiger charge is 1.81. The van der Waals surface area contributed by atoms with Crippen molar-refractivity contribution in [3.05, 3.63) is 41.8 Å². The normalized spacial score (nSPS) is 9.64. The van der Waals surface area contributed by atoms with E-state index in [2.05, 4.69) is 44.5 Å². The standard InChI is InChI=1S/C11H15/c1-3-4-5-11-8-6-10(2)7-9-11/h5-9H,3-4H2,1-2H3/q-1. The molecule has 0 radical (unpaired) electrons. The van der Waals surface area contributed by atoms with Crippen LogP contribution < -0.4 is 0 Å². The molecule has 0 fully saturated rings. The van der Waals surface area contributed by atoms with Crippen molar-refractivity contribution in [3.8, 4) is 0 Å². The van der Waals surface area contributed by atoms with Crippen LogP contribution in [0.3, 0.4) is 0 Å². The van der Waals surface area contributed by atoms with E-state index in [1.807, 2.05) is 0 Å². The summed E-state index contributed by atoms with van der Waals surface area (Å²) in [6.45, 7) is 4.31. The summed E-state index contributed by atoms with van der Waals surface area (Å²) in [6, 6.07) is 8.65. The third-order valence-electron chi connectivity index (χ3n) is 1.75. The first kappa shape index (κ1) is 8.19. The second-order valence-electron chi connectivity index (χ2n) is 2.90. The Morgan fingerprint density at radius 1 is 1.18 bits per heavy atom. The predicted octanol–water partition coefficient (Wildman–Crippen LogP) is 3.35. The van der Waals surface area contributed by atoms with E-state index < -0.39 is 0 Å². The molecule has 0 heteroatoms. The van der Waals surface area contributed by atoms with Crippen LogP contribution in [0.2, 0.25) is 0 Å². The fourth-order valence-corrected chi connectivity index (χ4v) is 1.01. The van der Waals surface area contributed by atoms with Gasteiger partial charge in [-0.3, -0.25) is 0 Å².